The van der Waals surface area contributed by atoms with Crippen molar-refractivity contribution in [3.05, 3.63) is 93.2 Å². The van der Waals surface area contributed by atoms with Crippen LogP contribution in [0.3, 0.4) is 0 Å². The van der Waals surface area contributed by atoms with Gasteiger partial charge in [-0.05, 0) is 29.8 Å². The fraction of sp³-hybridized carbons (Fsp3) is 0.167. The summed E-state index contributed by atoms with van der Waals surface area (Å²) in [5.74, 6) is 0.328. The van der Waals surface area contributed by atoms with E-state index in [2.05, 4.69) is 15.7 Å². The number of aromatic nitrogens is 2. The molecule has 2 aromatic carbocycles. The Morgan fingerprint density at radius 2 is 1.91 bits per heavy atom. The molecule has 0 unspecified atom stereocenters. The predicted octanol–water partition coefficient (Wildman–Crippen LogP) is 3.44. The first-order valence-corrected chi connectivity index (χ1v) is 11.6. The summed E-state index contributed by atoms with van der Waals surface area (Å²) >= 11 is 1.66. The van der Waals surface area contributed by atoms with Crippen molar-refractivity contribution >= 4 is 40.4 Å². The van der Waals surface area contributed by atoms with Crippen LogP contribution in [0.25, 0.3) is 11.0 Å². The Hall–Kier alpha value is -3.92. The molecule has 0 spiro atoms. The molecule has 0 saturated carbocycles. The Morgan fingerprint density at radius 3 is 2.74 bits per heavy atom. The lowest BCUT2D eigenvalue weighted by atomic mass is 10.2. The molecule has 3 heterocycles. The van der Waals surface area contributed by atoms with E-state index in [1.54, 1.807) is 48.2 Å². The fourth-order valence-corrected chi connectivity index (χ4v) is 4.73. The third-order valence-corrected chi connectivity index (χ3v) is 6.38. The van der Waals surface area contributed by atoms with Gasteiger partial charge < -0.3 is 15.1 Å². The highest BCUT2D eigenvalue weighted by Crippen LogP contribution is 2.35. The number of carbonyl (C=O) groups excluding carboxylic acids is 2. The van der Waals surface area contributed by atoms with Gasteiger partial charge in [-0.25, -0.2) is 9.07 Å². The van der Waals surface area contributed by atoms with E-state index in [0.29, 0.717) is 28.3 Å². The molecule has 0 atom stereocenters. The second kappa shape index (κ2) is 9.14. The number of nitrogens with zero attached hydrogens (tertiary/aromatic N) is 2. The number of hydrogen-bond acceptors (Lipinski definition) is 6. The van der Waals surface area contributed by atoms with E-state index in [4.69, 9.17) is 4.42 Å². The molecule has 0 radical (unpaired) electrons. The number of thioether (sulfide) groups is 1. The molecule has 8 nitrogen and oxygen atoms in total. The molecule has 0 fully saturated rings. The Labute approximate surface area is 197 Å². The van der Waals surface area contributed by atoms with Crippen molar-refractivity contribution < 1.29 is 18.4 Å². The molecule has 0 bridgehead atoms. The van der Waals surface area contributed by atoms with Crippen LogP contribution >= 0.6 is 11.8 Å². The van der Waals surface area contributed by atoms with E-state index < -0.39 is 5.91 Å². The number of benzene rings is 2. The van der Waals surface area contributed by atoms with E-state index in [9.17, 15) is 18.8 Å². The number of para-hydroxylation sites is 1. The van der Waals surface area contributed by atoms with Crippen molar-refractivity contribution in [2.75, 3.05) is 5.32 Å². The van der Waals surface area contributed by atoms with Crippen molar-refractivity contribution in [3.63, 3.8) is 0 Å². The van der Waals surface area contributed by atoms with Crippen LogP contribution in [0.15, 0.2) is 63.8 Å². The van der Waals surface area contributed by atoms with Crippen molar-refractivity contribution in [1.82, 2.24) is 15.1 Å². The molecule has 5 rings (SSSR count). The largest absolute Gasteiger partial charge is 0.451 e. The highest BCUT2D eigenvalue weighted by Gasteiger charge is 2.26. The SMILES string of the molecule is O=C(Cn1nc2c(c1NC(=O)c1cc(=O)c3ccccc3o1)CSC2)NCc1ccc(F)cc1. The molecule has 1 aliphatic heterocycles. The van der Waals surface area contributed by atoms with Crippen LogP contribution in [-0.2, 0) is 29.4 Å². The van der Waals surface area contributed by atoms with Gasteiger partial charge in [0.1, 0.15) is 23.8 Å². The summed E-state index contributed by atoms with van der Waals surface area (Å²) < 4.78 is 20.1. The van der Waals surface area contributed by atoms with E-state index in [1.807, 2.05) is 0 Å². The van der Waals surface area contributed by atoms with Gasteiger partial charge in [0.2, 0.25) is 5.91 Å². The third kappa shape index (κ3) is 4.44. The number of fused-ring (bicyclic) bond motifs is 2. The Balaban J connectivity index is 1.35. The average Bonchev–Trinajstić information content (AvgIpc) is 3.41. The first-order valence-electron chi connectivity index (χ1n) is 10.5. The number of anilines is 1. The van der Waals surface area contributed by atoms with Gasteiger partial charge in [-0.15, -0.1) is 0 Å². The molecule has 4 aromatic rings. The zero-order chi connectivity index (χ0) is 23.7. The average molecular weight is 479 g/mol. The molecule has 2 amide bonds. The van der Waals surface area contributed by atoms with Crippen LogP contribution in [0, 0.1) is 5.82 Å². The Bertz CT molecular complexity index is 1460. The Kier molecular flexibility index (Phi) is 5.89. The standard InChI is InChI=1S/C24H19FN4O4S/c25-15-7-5-14(6-8-15)10-26-22(31)11-29-23(17-12-34-13-18(17)28-29)27-24(32)21-9-19(30)16-3-1-2-4-20(16)33-21/h1-9H,10-13H2,(H,26,31)(H,27,32). The second-order valence-corrected chi connectivity index (χ2v) is 8.74. The summed E-state index contributed by atoms with van der Waals surface area (Å²) in [5.41, 5.74) is 2.39. The van der Waals surface area contributed by atoms with Crippen LogP contribution in [0.2, 0.25) is 0 Å². The van der Waals surface area contributed by atoms with Gasteiger partial charge in [0.15, 0.2) is 11.2 Å². The van der Waals surface area contributed by atoms with E-state index in [-0.39, 0.29) is 36.0 Å². The van der Waals surface area contributed by atoms with Crippen LogP contribution in [-0.4, -0.2) is 21.6 Å². The number of nitrogens with one attached hydrogen (secondary N) is 2. The zero-order valence-electron chi connectivity index (χ0n) is 17.8. The molecular weight excluding hydrogens is 459 g/mol. The number of hydrogen-bond donors (Lipinski definition) is 2. The molecule has 0 saturated heterocycles. The summed E-state index contributed by atoms with van der Waals surface area (Å²) in [5, 5.41) is 10.4. The van der Waals surface area contributed by atoms with Gasteiger partial charge in [-0.2, -0.15) is 16.9 Å². The molecule has 2 aromatic heterocycles. The van der Waals surface area contributed by atoms with Gasteiger partial charge in [0.05, 0.1) is 11.1 Å². The van der Waals surface area contributed by atoms with Crippen molar-refractivity contribution in [1.29, 1.82) is 0 Å². The molecule has 0 aliphatic carbocycles. The maximum absolute atomic E-state index is 13.1. The lowest BCUT2D eigenvalue weighted by molar-refractivity contribution is -0.122. The molecule has 2 N–H and O–H groups in total. The highest BCUT2D eigenvalue weighted by atomic mass is 32.2. The summed E-state index contributed by atoms with van der Waals surface area (Å²) in [6.07, 6.45) is 0. The van der Waals surface area contributed by atoms with Gasteiger partial charge in [-0.3, -0.25) is 14.4 Å². The normalized spacial score (nSPS) is 12.5. The molecular formula is C24H19FN4O4S. The highest BCUT2D eigenvalue weighted by molar-refractivity contribution is 7.98. The number of amides is 2. The Morgan fingerprint density at radius 1 is 1.12 bits per heavy atom. The van der Waals surface area contributed by atoms with E-state index in [1.165, 1.54) is 16.8 Å². The van der Waals surface area contributed by atoms with E-state index in [0.717, 1.165) is 22.9 Å². The zero-order valence-corrected chi connectivity index (χ0v) is 18.7. The molecule has 172 valence electrons. The predicted molar refractivity (Wildman–Crippen MR) is 126 cm³/mol. The lowest BCUT2D eigenvalue weighted by Gasteiger charge is -2.11. The molecule has 10 heteroatoms. The number of carbonyl (C=O) groups is 2. The smallest absolute Gasteiger partial charge is 0.292 e. The van der Waals surface area contributed by atoms with Crippen LogP contribution in [0.5, 0.6) is 0 Å². The van der Waals surface area contributed by atoms with Crippen molar-refractivity contribution in [2.45, 2.75) is 24.6 Å². The van der Waals surface area contributed by atoms with Crippen LogP contribution in [0.4, 0.5) is 10.2 Å². The lowest BCUT2D eigenvalue weighted by Crippen LogP contribution is -2.29. The fourth-order valence-electron chi connectivity index (χ4n) is 3.70. The molecule has 1 aliphatic rings. The summed E-state index contributed by atoms with van der Waals surface area (Å²) in [7, 11) is 0. The van der Waals surface area contributed by atoms with Gasteiger partial charge in [-0.1, -0.05) is 24.3 Å². The first-order chi connectivity index (χ1) is 16.5. The van der Waals surface area contributed by atoms with Crippen molar-refractivity contribution in [2.24, 2.45) is 0 Å². The van der Waals surface area contributed by atoms with Crippen LogP contribution in [0.1, 0.15) is 27.4 Å². The minimum Gasteiger partial charge on any atom is -0.451 e. The minimum atomic E-state index is -0.601. The third-order valence-electron chi connectivity index (χ3n) is 5.41. The van der Waals surface area contributed by atoms with Gasteiger partial charge in [0, 0.05) is 29.7 Å². The van der Waals surface area contributed by atoms with Crippen LogP contribution < -0.4 is 16.1 Å². The van der Waals surface area contributed by atoms with E-state index >= 15 is 0 Å². The summed E-state index contributed by atoms with van der Waals surface area (Å²) in [6.45, 7) is 0.121. The monoisotopic (exact) mass is 478 g/mol. The number of rotatable bonds is 6. The topological polar surface area (TPSA) is 106 Å². The molecule has 34 heavy (non-hydrogen) atoms. The van der Waals surface area contributed by atoms with Gasteiger partial charge in [0.25, 0.3) is 5.91 Å². The number of halogens is 1. The maximum Gasteiger partial charge on any atom is 0.292 e. The summed E-state index contributed by atoms with van der Waals surface area (Å²) in [6, 6.07) is 13.7. The van der Waals surface area contributed by atoms with Crippen molar-refractivity contribution in [3.8, 4) is 0 Å². The quantitative estimate of drug-likeness (QED) is 0.440. The second-order valence-electron chi connectivity index (χ2n) is 7.75. The summed E-state index contributed by atoms with van der Waals surface area (Å²) in [4.78, 5) is 37.9. The minimum absolute atomic E-state index is 0.115. The first kappa shape index (κ1) is 21.9. The maximum atomic E-state index is 13.1. The van der Waals surface area contributed by atoms with Gasteiger partial charge >= 0.3 is 0 Å².